The Balaban J connectivity index is 0.00000225. The molecule has 1 amide bonds. The van der Waals surface area contributed by atoms with Crippen molar-refractivity contribution in [3.63, 3.8) is 0 Å². The number of carbonyl (C=O) groups is 1. The maximum Gasteiger partial charge on any atom is 0.274 e. The monoisotopic (exact) mass is 406 g/mol. The molecule has 3 heterocycles. The van der Waals surface area contributed by atoms with E-state index in [9.17, 15) is 9.18 Å². The molecule has 0 aliphatic carbocycles. The van der Waals surface area contributed by atoms with E-state index < -0.39 is 0 Å². The Bertz CT molecular complexity index is 782. The number of likely N-dealkylation sites (tertiary alicyclic amines) is 1. The Labute approximate surface area is 171 Å². The largest absolute Gasteiger partial charge is 0.337 e. The predicted molar refractivity (Wildman–Crippen MR) is 109 cm³/mol. The fourth-order valence-electron chi connectivity index (χ4n) is 4.21. The van der Waals surface area contributed by atoms with Gasteiger partial charge in [-0.2, -0.15) is 5.10 Å². The van der Waals surface area contributed by atoms with Gasteiger partial charge in [-0.25, -0.2) is 4.39 Å². The quantitative estimate of drug-likeness (QED) is 0.845. The molecular weight excluding hydrogens is 379 g/mol. The molecular formula is C21H28ClFN4O. The zero-order valence-corrected chi connectivity index (χ0v) is 16.8. The van der Waals surface area contributed by atoms with Gasteiger partial charge in [0.1, 0.15) is 11.5 Å². The lowest BCUT2D eigenvalue weighted by Gasteiger charge is -2.31. The molecule has 2 saturated heterocycles. The molecule has 2 aliphatic rings. The van der Waals surface area contributed by atoms with Crippen molar-refractivity contribution < 1.29 is 9.18 Å². The summed E-state index contributed by atoms with van der Waals surface area (Å²) in [7, 11) is 0. The summed E-state index contributed by atoms with van der Waals surface area (Å²) in [5.41, 5.74) is 1.59. The Morgan fingerprint density at radius 1 is 1.21 bits per heavy atom. The van der Waals surface area contributed by atoms with Crippen LogP contribution >= 0.6 is 12.4 Å². The molecule has 28 heavy (non-hydrogen) atoms. The van der Waals surface area contributed by atoms with E-state index >= 15 is 0 Å². The van der Waals surface area contributed by atoms with Gasteiger partial charge in [0, 0.05) is 25.8 Å². The second kappa shape index (κ2) is 9.52. The molecule has 0 spiro atoms. The number of nitrogens with one attached hydrogen (secondary N) is 1. The van der Waals surface area contributed by atoms with Crippen LogP contribution in [0, 0.1) is 11.7 Å². The number of piperidine rings is 2. The number of amides is 1. The van der Waals surface area contributed by atoms with Crippen molar-refractivity contribution in [3.8, 4) is 0 Å². The number of carbonyl (C=O) groups excluding carboxylic acids is 1. The number of benzene rings is 1. The second-order valence-corrected chi connectivity index (χ2v) is 7.75. The molecule has 2 fully saturated rings. The van der Waals surface area contributed by atoms with Crippen molar-refractivity contribution in [2.24, 2.45) is 5.92 Å². The van der Waals surface area contributed by atoms with E-state index in [0.717, 1.165) is 63.8 Å². The third-order valence-corrected chi connectivity index (χ3v) is 5.79. The van der Waals surface area contributed by atoms with Crippen LogP contribution < -0.4 is 5.32 Å². The molecule has 5 nitrogen and oxygen atoms in total. The first-order valence-corrected chi connectivity index (χ1v) is 9.98. The summed E-state index contributed by atoms with van der Waals surface area (Å²) in [6.45, 7) is 3.47. The summed E-state index contributed by atoms with van der Waals surface area (Å²) in [5.74, 6) is 0.354. The summed E-state index contributed by atoms with van der Waals surface area (Å²) in [5, 5.41) is 7.93. The SMILES string of the molecule is Cl.O=C(c1ccn(C2CCCNC2)n1)N1CCC(Cc2cccc(F)c2)CC1. The van der Waals surface area contributed by atoms with Crippen LogP contribution in [0.25, 0.3) is 0 Å². The van der Waals surface area contributed by atoms with E-state index in [4.69, 9.17) is 0 Å². The van der Waals surface area contributed by atoms with Gasteiger partial charge < -0.3 is 10.2 Å². The van der Waals surface area contributed by atoms with Crippen molar-refractivity contribution >= 4 is 18.3 Å². The van der Waals surface area contributed by atoms with Gasteiger partial charge in [-0.15, -0.1) is 12.4 Å². The number of aromatic nitrogens is 2. The Kier molecular flexibility index (Phi) is 7.08. The van der Waals surface area contributed by atoms with Crippen LogP contribution in [0.3, 0.4) is 0 Å². The average Bonchev–Trinajstić information content (AvgIpc) is 3.19. The lowest BCUT2D eigenvalue weighted by atomic mass is 9.90. The van der Waals surface area contributed by atoms with Crippen molar-refractivity contribution in [3.05, 3.63) is 53.6 Å². The first-order valence-electron chi connectivity index (χ1n) is 9.98. The van der Waals surface area contributed by atoms with E-state index in [2.05, 4.69) is 10.4 Å². The molecule has 2 aliphatic heterocycles. The number of hydrogen-bond acceptors (Lipinski definition) is 3. The van der Waals surface area contributed by atoms with Crippen molar-refractivity contribution in [2.75, 3.05) is 26.2 Å². The van der Waals surface area contributed by atoms with E-state index in [1.54, 1.807) is 12.1 Å². The zero-order valence-electron chi connectivity index (χ0n) is 16.0. The molecule has 152 valence electrons. The van der Waals surface area contributed by atoms with Crippen molar-refractivity contribution in [2.45, 2.75) is 38.1 Å². The normalized spacial score (nSPS) is 20.6. The number of rotatable bonds is 4. The number of hydrogen-bond donors (Lipinski definition) is 1. The standard InChI is InChI=1S/C21H27FN4O.ClH/c22-18-4-1-3-17(14-18)13-16-6-10-25(11-7-16)21(27)20-8-12-26(24-20)19-5-2-9-23-15-19;/h1,3-4,8,12,14,16,19,23H,2,5-7,9-11,13,15H2;1H. The first kappa shape index (κ1) is 20.8. The van der Waals surface area contributed by atoms with E-state index in [1.807, 2.05) is 27.9 Å². The van der Waals surface area contributed by atoms with Crippen molar-refractivity contribution in [1.29, 1.82) is 0 Å². The highest BCUT2D eigenvalue weighted by atomic mass is 35.5. The van der Waals surface area contributed by atoms with Crippen LogP contribution in [0.2, 0.25) is 0 Å². The van der Waals surface area contributed by atoms with Crippen LogP contribution in [0.15, 0.2) is 36.5 Å². The van der Waals surface area contributed by atoms with Crippen LogP contribution in [0.1, 0.15) is 47.8 Å². The summed E-state index contributed by atoms with van der Waals surface area (Å²) in [6.07, 6.45) is 6.97. The van der Waals surface area contributed by atoms with Gasteiger partial charge in [0.15, 0.2) is 0 Å². The van der Waals surface area contributed by atoms with Gasteiger partial charge in [-0.05, 0) is 68.3 Å². The van der Waals surface area contributed by atoms with Crippen LogP contribution in [0.5, 0.6) is 0 Å². The first-order chi connectivity index (χ1) is 13.2. The fourth-order valence-corrected chi connectivity index (χ4v) is 4.21. The molecule has 2 aromatic rings. The molecule has 1 unspecified atom stereocenters. The molecule has 0 bridgehead atoms. The molecule has 4 rings (SSSR count). The Morgan fingerprint density at radius 2 is 2.04 bits per heavy atom. The maximum absolute atomic E-state index is 13.3. The van der Waals surface area contributed by atoms with E-state index in [1.165, 1.54) is 6.07 Å². The third kappa shape index (κ3) is 4.92. The molecule has 1 aromatic heterocycles. The minimum absolute atomic E-state index is 0. The minimum atomic E-state index is -0.177. The highest BCUT2D eigenvalue weighted by molar-refractivity contribution is 5.92. The maximum atomic E-state index is 13.3. The number of nitrogens with zero attached hydrogens (tertiary/aromatic N) is 3. The van der Waals surface area contributed by atoms with Gasteiger partial charge in [-0.3, -0.25) is 9.48 Å². The molecule has 1 atom stereocenters. The topological polar surface area (TPSA) is 50.2 Å². The van der Waals surface area contributed by atoms with E-state index in [-0.39, 0.29) is 24.1 Å². The lowest BCUT2D eigenvalue weighted by Crippen LogP contribution is -2.39. The number of halogens is 2. The second-order valence-electron chi connectivity index (χ2n) is 7.75. The predicted octanol–water partition coefficient (Wildman–Crippen LogP) is 3.46. The van der Waals surface area contributed by atoms with Crippen LogP contribution in [-0.4, -0.2) is 46.8 Å². The van der Waals surface area contributed by atoms with Gasteiger partial charge >= 0.3 is 0 Å². The Morgan fingerprint density at radius 3 is 2.75 bits per heavy atom. The third-order valence-electron chi connectivity index (χ3n) is 5.79. The molecule has 1 aromatic carbocycles. The van der Waals surface area contributed by atoms with Gasteiger partial charge in [0.25, 0.3) is 5.91 Å². The van der Waals surface area contributed by atoms with Crippen molar-refractivity contribution in [1.82, 2.24) is 20.0 Å². The van der Waals surface area contributed by atoms with Gasteiger partial charge in [0.2, 0.25) is 0 Å². The highest BCUT2D eigenvalue weighted by Crippen LogP contribution is 2.23. The highest BCUT2D eigenvalue weighted by Gasteiger charge is 2.26. The van der Waals surface area contributed by atoms with E-state index in [0.29, 0.717) is 17.7 Å². The summed E-state index contributed by atoms with van der Waals surface area (Å²) < 4.78 is 15.3. The molecule has 0 radical (unpaired) electrons. The fraction of sp³-hybridized carbons (Fsp3) is 0.524. The summed E-state index contributed by atoms with van der Waals surface area (Å²) in [6, 6.07) is 9.03. The minimum Gasteiger partial charge on any atom is -0.337 e. The molecule has 1 N–H and O–H groups in total. The van der Waals surface area contributed by atoms with Gasteiger partial charge in [0.05, 0.1) is 6.04 Å². The molecule has 0 saturated carbocycles. The lowest BCUT2D eigenvalue weighted by molar-refractivity contribution is 0.0683. The van der Waals surface area contributed by atoms with Crippen LogP contribution in [0.4, 0.5) is 4.39 Å². The smallest absolute Gasteiger partial charge is 0.274 e. The van der Waals surface area contributed by atoms with Crippen LogP contribution in [-0.2, 0) is 6.42 Å². The summed E-state index contributed by atoms with van der Waals surface area (Å²) >= 11 is 0. The summed E-state index contributed by atoms with van der Waals surface area (Å²) in [4.78, 5) is 14.7. The average molecular weight is 407 g/mol. The van der Waals surface area contributed by atoms with Gasteiger partial charge in [-0.1, -0.05) is 12.1 Å². The zero-order chi connectivity index (χ0) is 18.6. The molecule has 7 heteroatoms. The Hall–Kier alpha value is -1.92.